The van der Waals surface area contributed by atoms with E-state index in [2.05, 4.69) is 4.99 Å². The first kappa shape index (κ1) is 18.4. The molecule has 0 unspecified atom stereocenters. The molecule has 130 valence electrons. The summed E-state index contributed by atoms with van der Waals surface area (Å²) in [5.41, 5.74) is 2.04. The van der Waals surface area contributed by atoms with Gasteiger partial charge in [0.2, 0.25) is 0 Å². The third kappa shape index (κ3) is 5.28. The van der Waals surface area contributed by atoms with Gasteiger partial charge in [-0.3, -0.25) is 0 Å². The van der Waals surface area contributed by atoms with Crippen LogP contribution in [-0.2, 0) is 0 Å². The highest BCUT2D eigenvalue weighted by Crippen LogP contribution is 2.22. The molecular weight excluding hydrogens is 372 g/mol. The summed E-state index contributed by atoms with van der Waals surface area (Å²) in [6.07, 6.45) is 1.84. The highest BCUT2D eigenvalue weighted by Gasteiger charge is 2.02. The van der Waals surface area contributed by atoms with Crippen molar-refractivity contribution in [3.63, 3.8) is 0 Å². The van der Waals surface area contributed by atoms with Gasteiger partial charge in [-0.2, -0.15) is 0 Å². The minimum Gasteiger partial charge on any atom is -0.248 e. The lowest BCUT2D eigenvalue weighted by atomic mass is 10.1. The van der Waals surface area contributed by atoms with Crippen LogP contribution in [0.4, 0.5) is 14.5 Å². The Morgan fingerprint density at radius 1 is 0.885 bits per heavy atom. The van der Waals surface area contributed by atoms with Crippen molar-refractivity contribution < 1.29 is 8.78 Å². The number of rotatable bonds is 5. The molecule has 0 amide bonds. The first-order chi connectivity index (χ1) is 12.6. The maximum absolute atomic E-state index is 13.4. The molecule has 0 aromatic heterocycles. The zero-order valence-electron chi connectivity index (χ0n) is 13.6. The summed E-state index contributed by atoms with van der Waals surface area (Å²) in [6, 6.07) is 19.6. The molecule has 0 spiro atoms. The summed E-state index contributed by atoms with van der Waals surface area (Å²) in [4.78, 5) is 5.44. The number of thioether (sulfide) groups is 1. The van der Waals surface area contributed by atoms with Gasteiger partial charge in [0.05, 0.1) is 11.4 Å². The van der Waals surface area contributed by atoms with E-state index < -0.39 is 0 Å². The summed E-state index contributed by atoms with van der Waals surface area (Å²) in [5, 5.41) is 2.49. The Balaban J connectivity index is 1.88. The Bertz CT molecular complexity index is 935. The number of aliphatic imine (C=N–C) groups is 1. The lowest BCUT2D eigenvalue weighted by Gasteiger charge is -2.04. The fraction of sp³-hybridized carbons (Fsp3) is 0. The highest BCUT2D eigenvalue weighted by atomic mass is 35.5. The fourth-order valence-electron chi connectivity index (χ4n) is 2.19. The Labute approximate surface area is 160 Å². The summed E-state index contributed by atoms with van der Waals surface area (Å²) in [7, 11) is 0. The van der Waals surface area contributed by atoms with Crippen LogP contribution < -0.4 is 0 Å². The third-order valence-electron chi connectivity index (χ3n) is 3.44. The first-order valence-corrected chi connectivity index (χ1v) is 9.05. The average Bonchev–Trinajstić information content (AvgIpc) is 2.63. The number of benzene rings is 3. The second-order valence-electron chi connectivity index (χ2n) is 5.36. The molecule has 5 heteroatoms. The molecule has 0 fully saturated rings. The van der Waals surface area contributed by atoms with Crippen LogP contribution >= 0.6 is 23.4 Å². The zero-order chi connectivity index (χ0) is 18.4. The van der Waals surface area contributed by atoms with Gasteiger partial charge in [-0.05, 0) is 66.1 Å². The molecule has 0 saturated carbocycles. The molecule has 3 rings (SSSR count). The molecule has 0 N–H and O–H groups in total. The topological polar surface area (TPSA) is 12.4 Å². The Kier molecular flexibility index (Phi) is 6.21. The number of nitrogens with zero attached hydrogens (tertiary/aromatic N) is 1. The monoisotopic (exact) mass is 385 g/mol. The summed E-state index contributed by atoms with van der Waals surface area (Å²) in [6.45, 7) is 0. The second kappa shape index (κ2) is 8.79. The molecule has 0 atom stereocenters. The zero-order valence-corrected chi connectivity index (χ0v) is 15.1. The van der Waals surface area contributed by atoms with Crippen molar-refractivity contribution in [1.29, 1.82) is 0 Å². The van der Waals surface area contributed by atoms with E-state index in [-0.39, 0.29) is 11.6 Å². The quantitative estimate of drug-likeness (QED) is 0.338. The van der Waals surface area contributed by atoms with Crippen molar-refractivity contribution in [2.45, 2.75) is 4.90 Å². The Morgan fingerprint density at radius 2 is 1.62 bits per heavy atom. The van der Waals surface area contributed by atoms with Crippen molar-refractivity contribution in [2.75, 3.05) is 0 Å². The van der Waals surface area contributed by atoms with Crippen molar-refractivity contribution in [1.82, 2.24) is 0 Å². The van der Waals surface area contributed by atoms with Crippen LogP contribution in [0.1, 0.15) is 5.56 Å². The highest BCUT2D eigenvalue weighted by molar-refractivity contribution is 8.02. The van der Waals surface area contributed by atoms with Crippen molar-refractivity contribution in [3.8, 4) is 0 Å². The molecule has 0 radical (unpaired) electrons. The molecule has 1 nitrogen and oxygen atoms in total. The van der Waals surface area contributed by atoms with Crippen LogP contribution in [0.2, 0.25) is 5.02 Å². The lowest BCUT2D eigenvalue weighted by Crippen LogP contribution is -1.95. The minimum absolute atomic E-state index is 0.271. The third-order valence-corrected chi connectivity index (χ3v) is 4.51. The largest absolute Gasteiger partial charge is 0.248 e. The number of hydrogen-bond donors (Lipinski definition) is 0. The normalized spacial score (nSPS) is 11.9. The van der Waals surface area contributed by atoms with Crippen LogP contribution in [0.3, 0.4) is 0 Å². The second-order valence-corrected chi connectivity index (χ2v) is 6.77. The molecule has 0 aliphatic carbocycles. The van der Waals surface area contributed by atoms with Gasteiger partial charge in [-0.1, -0.05) is 41.6 Å². The fourth-order valence-corrected chi connectivity index (χ4v) is 2.97. The summed E-state index contributed by atoms with van der Waals surface area (Å²) in [5.74, 6) is -0.612. The van der Waals surface area contributed by atoms with Gasteiger partial charge in [-0.15, -0.1) is 0 Å². The number of hydrogen-bond acceptors (Lipinski definition) is 2. The van der Waals surface area contributed by atoms with Gasteiger partial charge in [0.1, 0.15) is 11.6 Å². The van der Waals surface area contributed by atoms with E-state index >= 15 is 0 Å². The predicted molar refractivity (Wildman–Crippen MR) is 105 cm³/mol. The molecule has 0 heterocycles. The molecule has 26 heavy (non-hydrogen) atoms. The van der Waals surface area contributed by atoms with E-state index in [0.717, 1.165) is 10.5 Å². The van der Waals surface area contributed by atoms with E-state index in [1.165, 1.54) is 36.0 Å². The molecule has 3 aromatic carbocycles. The van der Waals surface area contributed by atoms with Gasteiger partial charge < -0.3 is 0 Å². The molecule has 0 bridgehead atoms. The van der Waals surface area contributed by atoms with Crippen LogP contribution in [0.15, 0.2) is 94.2 Å². The maximum Gasteiger partial charge on any atom is 0.125 e. The van der Waals surface area contributed by atoms with Gasteiger partial charge in [0.25, 0.3) is 0 Å². The molecule has 0 saturated heterocycles. The smallest absolute Gasteiger partial charge is 0.125 e. The standard InChI is InChI=1S/C21H14ClF2NS/c22-16-6-4-15(5-7-16)21(25-19-3-1-2-18(24)14-19)12-13-26-20-10-8-17(23)9-11-20/h1-14H. The molecule has 3 aromatic rings. The van der Waals surface area contributed by atoms with E-state index in [4.69, 9.17) is 11.6 Å². The SMILES string of the molecule is Fc1ccc(SC=CC(=Nc2cccc(F)c2)c2ccc(Cl)cc2)cc1. The van der Waals surface area contributed by atoms with E-state index in [9.17, 15) is 8.78 Å². The number of allylic oxidation sites excluding steroid dienone is 1. The first-order valence-electron chi connectivity index (χ1n) is 7.79. The van der Waals surface area contributed by atoms with Gasteiger partial charge in [-0.25, -0.2) is 13.8 Å². The van der Waals surface area contributed by atoms with Crippen LogP contribution in [0, 0.1) is 11.6 Å². The molecule has 0 aliphatic rings. The Hall–Kier alpha value is -2.43. The number of halogens is 3. The average molecular weight is 386 g/mol. The van der Waals surface area contributed by atoms with Crippen molar-refractivity contribution in [2.24, 2.45) is 4.99 Å². The van der Waals surface area contributed by atoms with Gasteiger partial charge in [0, 0.05) is 15.5 Å². The lowest BCUT2D eigenvalue weighted by molar-refractivity contribution is 0.626. The predicted octanol–water partition coefficient (Wildman–Crippen LogP) is 7.05. The van der Waals surface area contributed by atoms with E-state index in [1.807, 2.05) is 23.6 Å². The molecular formula is C21H14ClF2NS. The Morgan fingerprint density at radius 3 is 2.31 bits per heavy atom. The van der Waals surface area contributed by atoms with Gasteiger partial charge in [0.15, 0.2) is 0 Å². The van der Waals surface area contributed by atoms with Crippen molar-refractivity contribution in [3.05, 3.63) is 107 Å². The maximum atomic E-state index is 13.4. The summed E-state index contributed by atoms with van der Waals surface area (Å²) < 4.78 is 26.4. The van der Waals surface area contributed by atoms with E-state index in [0.29, 0.717) is 16.4 Å². The van der Waals surface area contributed by atoms with E-state index in [1.54, 1.807) is 36.4 Å². The van der Waals surface area contributed by atoms with Crippen molar-refractivity contribution >= 4 is 34.8 Å². The van der Waals surface area contributed by atoms with Gasteiger partial charge >= 0.3 is 0 Å². The molecule has 0 aliphatic heterocycles. The summed E-state index contributed by atoms with van der Waals surface area (Å²) >= 11 is 7.39. The van der Waals surface area contributed by atoms with Crippen LogP contribution in [0.25, 0.3) is 0 Å². The van der Waals surface area contributed by atoms with Crippen LogP contribution in [0.5, 0.6) is 0 Å². The van der Waals surface area contributed by atoms with Crippen LogP contribution in [-0.4, -0.2) is 5.71 Å². The minimum atomic E-state index is -0.341.